The highest BCUT2D eigenvalue weighted by molar-refractivity contribution is 6.61. The fraction of sp³-hybridized carbons (Fsp3) is 0.0833. The van der Waals surface area contributed by atoms with Crippen LogP contribution in [0, 0.1) is 0 Å². The number of alkyl halides is 12. The Kier molecular flexibility index (Phi) is 9.34. The summed E-state index contributed by atoms with van der Waals surface area (Å²) >= 11 is 0. The van der Waals surface area contributed by atoms with Crippen LogP contribution < -0.4 is 0 Å². The molecule has 1 aliphatic carbocycles. The smallest absolute Gasteiger partial charge is 0.245 e. The molecule has 310 valence electrons. The number of hydrogen-bond acceptors (Lipinski definition) is 2. The van der Waals surface area contributed by atoms with E-state index in [0.29, 0.717) is 51.6 Å². The molecule has 14 heteroatoms. The lowest BCUT2D eigenvalue weighted by Crippen LogP contribution is -2.11. The quantitative estimate of drug-likeness (QED) is 0.158. The third-order valence-electron chi connectivity index (χ3n) is 10.7. The van der Waals surface area contributed by atoms with Crippen LogP contribution in [-0.2, 0) is 24.7 Å². The van der Waals surface area contributed by atoms with E-state index < -0.39 is 47.0 Å². The average Bonchev–Trinajstić information content (AvgIpc) is 3.51. The first-order valence-corrected chi connectivity index (χ1v) is 18.6. The Labute approximate surface area is 343 Å². The van der Waals surface area contributed by atoms with E-state index in [-0.39, 0.29) is 68.0 Å². The van der Waals surface area contributed by atoms with Gasteiger partial charge in [-0.3, -0.25) is 0 Å². The molecule has 0 atom stereocenters. The van der Waals surface area contributed by atoms with Crippen molar-refractivity contribution in [1.82, 2.24) is 0 Å². The molecule has 8 aromatic carbocycles. The van der Waals surface area contributed by atoms with Gasteiger partial charge in [-0.15, -0.1) is 0 Å². The molecule has 1 aliphatic rings. The molecular weight excluding hydrogens is 833 g/mol. The van der Waals surface area contributed by atoms with Gasteiger partial charge in [-0.25, -0.2) is 9.98 Å². The molecule has 0 heterocycles. The molecule has 0 spiro atoms. The van der Waals surface area contributed by atoms with E-state index in [1.54, 1.807) is 72.8 Å². The lowest BCUT2D eigenvalue weighted by molar-refractivity contribution is -0.144. The van der Waals surface area contributed by atoms with E-state index in [9.17, 15) is 52.7 Å². The molecule has 0 amide bonds. The predicted octanol–water partition coefficient (Wildman–Crippen LogP) is 15.8. The molecule has 62 heavy (non-hydrogen) atoms. The van der Waals surface area contributed by atoms with Gasteiger partial charge in [-0.05, 0) is 86.9 Å². The Balaban J connectivity index is 1.31. The Bertz CT molecular complexity index is 2900. The first kappa shape index (κ1) is 40.4. The summed E-state index contributed by atoms with van der Waals surface area (Å²) in [4.78, 5) is 10.1. The first-order chi connectivity index (χ1) is 29.3. The third-order valence-corrected chi connectivity index (χ3v) is 10.7. The van der Waals surface area contributed by atoms with Gasteiger partial charge >= 0.3 is 24.7 Å². The normalized spacial score (nSPS) is 14.8. The molecule has 0 saturated carbocycles. The van der Waals surface area contributed by atoms with Crippen molar-refractivity contribution in [1.29, 1.82) is 0 Å². The first-order valence-electron chi connectivity index (χ1n) is 18.6. The maximum Gasteiger partial charge on any atom is 0.416 e. The van der Waals surface area contributed by atoms with Crippen molar-refractivity contribution in [2.45, 2.75) is 24.7 Å². The van der Waals surface area contributed by atoms with E-state index in [4.69, 9.17) is 9.98 Å². The summed E-state index contributed by atoms with van der Waals surface area (Å²) in [7, 11) is 0. The summed E-state index contributed by atoms with van der Waals surface area (Å²) in [6.07, 6.45) is -20.4. The number of aliphatic imine (C=N–C) groups is 2. The maximum absolute atomic E-state index is 14.0. The van der Waals surface area contributed by atoms with Gasteiger partial charge in [-0.2, -0.15) is 52.7 Å². The molecule has 8 aromatic rings. The number of halogens is 12. The topological polar surface area (TPSA) is 24.7 Å². The van der Waals surface area contributed by atoms with Crippen LogP contribution in [0.3, 0.4) is 0 Å². The number of fused-ring (bicyclic) bond motifs is 2. The van der Waals surface area contributed by atoms with Gasteiger partial charge in [0, 0.05) is 27.3 Å². The van der Waals surface area contributed by atoms with E-state index in [0.717, 1.165) is 5.39 Å². The minimum atomic E-state index is -5.10. The second kappa shape index (κ2) is 14.3. The van der Waals surface area contributed by atoms with E-state index >= 15 is 0 Å². The van der Waals surface area contributed by atoms with E-state index in [1.807, 2.05) is 12.1 Å². The van der Waals surface area contributed by atoms with Crippen LogP contribution in [0.25, 0.3) is 54.6 Å². The van der Waals surface area contributed by atoms with Crippen molar-refractivity contribution in [3.05, 3.63) is 179 Å². The molecular formula is C48H24F12N2. The molecule has 0 radical (unpaired) electrons. The van der Waals surface area contributed by atoms with E-state index in [2.05, 4.69) is 0 Å². The number of hydrogen-bond donors (Lipinski definition) is 0. The molecule has 0 unspecified atom stereocenters. The predicted molar refractivity (Wildman–Crippen MR) is 215 cm³/mol. The second-order valence-corrected chi connectivity index (χ2v) is 14.6. The summed E-state index contributed by atoms with van der Waals surface area (Å²) < 4.78 is 168. The van der Waals surface area contributed by atoms with Crippen molar-refractivity contribution in [2.75, 3.05) is 0 Å². The third kappa shape index (κ3) is 7.22. The van der Waals surface area contributed by atoms with Crippen LogP contribution in [0.2, 0.25) is 0 Å². The van der Waals surface area contributed by atoms with Gasteiger partial charge in [0.1, 0.15) is 0 Å². The van der Waals surface area contributed by atoms with Gasteiger partial charge < -0.3 is 0 Å². The van der Waals surface area contributed by atoms with Crippen LogP contribution in [0.1, 0.15) is 33.4 Å². The van der Waals surface area contributed by atoms with Crippen molar-refractivity contribution in [3.63, 3.8) is 0 Å². The summed E-state index contributed by atoms with van der Waals surface area (Å²) in [6, 6.07) is 32.1. The number of benzene rings is 8. The molecule has 9 rings (SSSR count). The van der Waals surface area contributed by atoms with Gasteiger partial charge in [0.15, 0.2) is 0 Å². The number of rotatable bonds is 4. The summed E-state index contributed by atoms with van der Waals surface area (Å²) in [5.74, 6) is 0. The molecule has 0 aromatic heterocycles. The summed E-state index contributed by atoms with van der Waals surface area (Å²) in [6.45, 7) is 0. The lowest BCUT2D eigenvalue weighted by Gasteiger charge is -2.16. The van der Waals surface area contributed by atoms with Crippen LogP contribution >= 0.6 is 0 Å². The fourth-order valence-electron chi connectivity index (χ4n) is 7.99. The lowest BCUT2D eigenvalue weighted by atomic mass is 9.93. The molecule has 0 saturated heterocycles. The Hall–Kier alpha value is -6.96. The monoisotopic (exact) mass is 856 g/mol. The van der Waals surface area contributed by atoms with Crippen molar-refractivity contribution in [3.8, 4) is 22.3 Å². The van der Waals surface area contributed by atoms with E-state index in [1.165, 1.54) is 24.3 Å². The maximum atomic E-state index is 14.0. The minimum Gasteiger partial charge on any atom is -0.245 e. The Morgan fingerprint density at radius 2 is 0.565 bits per heavy atom. The van der Waals surface area contributed by atoms with Crippen molar-refractivity contribution < 1.29 is 52.7 Å². The highest BCUT2D eigenvalue weighted by Crippen LogP contribution is 2.45. The highest BCUT2D eigenvalue weighted by atomic mass is 19.4. The van der Waals surface area contributed by atoms with Crippen LogP contribution in [-0.4, -0.2) is 11.4 Å². The van der Waals surface area contributed by atoms with Gasteiger partial charge in [0.2, 0.25) is 0 Å². The van der Waals surface area contributed by atoms with Gasteiger partial charge in [0.05, 0.1) is 45.1 Å². The Morgan fingerprint density at radius 1 is 0.290 bits per heavy atom. The fourth-order valence-corrected chi connectivity index (χ4v) is 7.99. The number of nitrogens with zero attached hydrogens (tertiary/aromatic N) is 2. The Morgan fingerprint density at radius 3 is 0.871 bits per heavy atom. The molecule has 0 fully saturated rings. The zero-order valence-electron chi connectivity index (χ0n) is 31.3. The largest absolute Gasteiger partial charge is 0.416 e. The van der Waals surface area contributed by atoms with Crippen molar-refractivity contribution in [2.24, 2.45) is 9.98 Å². The molecule has 0 aliphatic heterocycles. The van der Waals surface area contributed by atoms with Crippen LogP contribution in [0.15, 0.2) is 156 Å². The van der Waals surface area contributed by atoms with Gasteiger partial charge in [0.25, 0.3) is 0 Å². The highest BCUT2D eigenvalue weighted by Gasteiger charge is 2.39. The summed E-state index contributed by atoms with van der Waals surface area (Å²) in [5.41, 5.74) is -4.69. The summed E-state index contributed by atoms with van der Waals surface area (Å²) in [5, 5.41) is 2.82. The van der Waals surface area contributed by atoms with Gasteiger partial charge in [-0.1, -0.05) is 97.1 Å². The van der Waals surface area contributed by atoms with Crippen molar-refractivity contribution >= 4 is 55.1 Å². The SMILES string of the molecule is FC(F)(F)c1cc(-c2cccc3cccc(N=C4C(=Nc5cccc6cccc(-c7cc(C(F)(F)F)cc(C(F)(F)F)c7)c56)c5cccc6cccc4c56)c23)cc(C(F)(F)F)c1. The van der Waals surface area contributed by atoms with Crippen LogP contribution in [0.5, 0.6) is 0 Å². The standard InChI is InChI=1S/C48H24F12N2/c49-45(50,51)30-19-28(20-31(23-30)46(52,53)54)34-13-1-9-26-11-5-17-38(41(26)34)61-43-36-15-3-7-25-8-4-16-37(40(25)36)44(43)62-39-18-6-12-27-10-2-14-35(42(27)39)29-21-32(47(55,56)57)24-33(22-29)48(58,59)60/h1-24H. The zero-order chi connectivity index (χ0) is 43.9. The molecule has 2 nitrogen and oxygen atoms in total. The molecule has 0 N–H and O–H groups in total. The van der Waals surface area contributed by atoms with Crippen LogP contribution in [0.4, 0.5) is 64.1 Å². The minimum absolute atomic E-state index is 0.0317. The second-order valence-electron chi connectivity index (χ2n) is 14.6. The average molecular weight is 857 g/mol. The zero-order valence-corrected chi connectivity index (χ0v) is 31.3. The molecule has 0 bridgehead atoms.